The molecule has 1 aromatic heterocycles. The molecule has 2 rings (SSSR count). The fourth-order valence-corrected chi connectivity index (χ4v) is 2.23. The molecule has 2 aromatic rings. The van der Waals surface area contributed by atoms with Crippen LogP contribution in [0.3, 0.4) is 0 Å². The average molecular weight is 205 g/mol. The molecule has 0 bridgehead atoms. The maximum Gasteiger partial charge on any atom is 0.150 e. The third-order valence-corrected chi connectivity index (χ3v) is 2.84. The van der Waals surface area contributed by atoms with E-state index < -0.39 is 5.82 Å². The van der Waals surface area contributed by atoms with Crippen LogP contribution in [0.25, 0.3) is 10.1 Å². The maximum absolute atomic E-state index is 13.4. The van der Waals surface area contributed by atoms with Gasteiger partial charge in [0.05, 0.1) is 5.56 Å². The number of halogens is 1. The highest BCUT2D eigenvalue weighted by Crippen LogP contribution is 2.28. The summed E-state index contributed by atoms with van der Waals surface area (Å²) in [6.07, 6.45) is 0.592. The Bertz CT molecular complexity index is 553. The van der Waals surface area contributed by atoms with Crippen molar-refractivity contribution in [1.82, 2.24) is 0 Å². The van der Waals surface area contributed by atoms with E-state index in [0.717, 1.165) is 6.07 Å². The first kappa shape index (κ1) is 8.85. The van der Waals surface area contributed by atoms with Crippen LogP contribution in [-0.4, -0.2) is 6.29 Å². The van der Waals surface area contributed by atoms with Crippen molar-refractivity contribution in [2.45, 2.75) is 0 Å². The molecule has 0 spiro atoms. The topological polar surface area (TPSA) is 40.9 Å². The third-order valence-electron chi connectivity index (χ3n) is 1.91. The molecule has 0 fully saturated rings. The van der Waals surface area contributed by atoms with Crippen LogP contribution in [0, 0.1) is 17.1 Å². The van der Waals surface area contributed by atoms with E-state index in [9.17, 15) is 9.18 Å². The molecule has 0 N–H and O–H groups in total. The van der Waals surface area contributed by atoms with E-state index in [4.69, 9.17) is 5.26 Å². The molecule has 0 aliphatic carbocycles. The van der Waals surface area contributed by atoms with E-state index in [1.54, 1.807) is 11.4 Å². The van der Waals surface area contributed by atoms with Gasteiger partial charge in [-0.15, -0.1) is 11.3 Å². The normalized spacial score (nSPS) is 10.0. The highest BCUT2D eigenvalue weighted by molar-refractivity contribution is 7.17. The van der Waals surface area contributed by atoms with Crippen LogP contribution in [0.15, 0.2) is 17.5 Å². The van der Waals surface area contributed by atoms with Gasteiger partial charge in [0.2, 0.25) is 0 Å². The Hall–Kier alpha value is -1.73. The van der Waals surface area contributed by atoms with Gasteiger partial charge >= 0.3 is 0 Å². The molecule has 4 heteroatoms. The molecular formula is C10H4FNOS. The van der Waals surface area contributed by atoms with Crippen molar-refractivity contribution in [2.24, 2.45) is 0 Å². The zero-order chi connectivity index (χ0) is 10.1. The molecule has 1 aromatic carbocycles. The zero-order valence-corrected chi connectivity index (χ0v) is 7.77. The minimum atomic E-state index is -0.512. The minimum Gasteiger partial charge on any atom is -0.298 e. The molecule has 0 saturated carbocycles. The summed E-state index contributed by atoms with van der Waals surface area (Å²) in [5.41, 5.74) is 0.612. The second kappa shape index (κ2) is 3.20. The molecule has 0 amide bonds. The number of nitrogens with zero attached hydrogens (tertiary/aromatic N) is 1. The molecule has 0 saturated heterocycles. The Morgan fingerprint density at radius 3 is 2.93 bits per heavy atom. The lowest BCUT2D eigenvalue weighted by molar-refractivity contribution is 0.112. The van der Waals surface area contributed by atoms with E-state index in [1.807, 2.05) is 6.07 Å². The number of hydrogen-bond acceptors (Lipinski definition) is 3. The van der Waals surface area contributed by atoms with Crippen molar-refractivity contribution in [3.63, 3.8) is 0 Å². The Balaban J connectivity index is 2.87. The lowest BCUT2D eigenvalue weighted by atomic mass is 10.1. The summed E-state index contributed by atoms with van der Waals surface area (Å²) in [6, 6.07) is 4.63. The quantitative estimate of drug-likeness (QED) is 0.671. The molecule has 14 heavy (non-hydrogen) atoms. The number of hydrogen-bond donors (Lipinski definition) is 0. The summed E-state index contributed by atoms with van der Waals surface area (Å²) >= 11 is 1.26. The van der Waals surface area contributed by atoms with Gasteiger partial charge in [0.1, 0.15) is 18.2 Å². The molecule has 0 radical (unpaired) electrons. The Morgan fingerprint density at radius 1 is 1.50 bits per heavy atom. The molecule has 0 unspecified atom stereocenters. The standard InChI is InChI=1S/C10H4FNOS/c11-8-1-6(4-13)2-9-10(8)7(3-12)5-14-9/h1-2,4-5H. The molecule has 2 nitrogen and oxygen atoms in total. The number of rotatable bonds is 1. The Labute approximate surface area is 83.2 Å². The Morgan fingerprint density at radius 2 is 2.29 bits per heavy atom. The number of thiophene rings is 1. The number of carbonyl (C=O) groups is 1. The molecule has 0 atom stereocenters. The van der Waals surface area contributed by atoms with Crippen molar-refractivity contribution in [3.8, 4) is 6.07 Å². The fraction of sp³-hybridized carbons (Fsp3) is 0. The predicted octanol–water partition coefficient (Wildman–Crippen LogP) is 2.72. The second-order valence-electron chi connectivity index (χ2n) is 2.75. The van der Waals surface area contributed by atoms with Gasteiger partial charge in [0.15, 0.2) is 0 Å². The SMILES string of the molecule is N#Cc1csc2cc(C=O)cc(F)c12. The maximum atomic E-state index is 13.4. The van der Waals surface area contributed by atoms with Crippen molar-refractivity contribution in [2.75, 3.05) is 0 Å². The second-order valence-corrected chi connectivity index (χ2v) is 3.67. The van der Waals surface area contributed by atoms with Crippen LogP contribution in [0.1, 0.15) is 15.9 Å². The van der Waals surface area contributed by atoms with Crippen LogP contribution < -0.4 is 0 Å². The molecule has 0 aliphatic heterocycles. The summed E-state index contributed by atoms with van der Waals surface area (Å²) in [5.74, 6) is -0.512. The van der Waals surface area contributed by atoms with E-state index in [1.165, 1.54) is 11.3 Å². The largest absolute Gasteiger partial charge is 0.298 e. The molecule has 0 aliphatic rings. The summed E-state index contributed by atoms with van der Waals surface area (Å²) in [7, 11) is 0. The van der Waals surface area contributed by atoms with Gasteiger partial charge < -0.3 is 0 Å². The van der Waals surface area contributed by atoms with Gasteiger partial charge in [-0.25, -0.2) is 4.39 Å². The van der Waals surface area contributed by atoms with Gasteiger partial charge in [0, 0.05) is 21.0 Å². The van der Waals surface area contributed by atoms with Crippen molar-refractivity contribution >= 4 is 27.7 Å². The van der Waals surface area contributed by atoms with Crippen LogP contribution >= 0.6 is 11.3 Å². The first-order valence-electron chi connectivity index (χ1n) is 3.82. The van der Waals surface area contributed by atoms with Crippen LogP contribution in [0.4, 0.5) is 4.39 Å². The van der Waals surface area contributed by atoms with Crippen LogP contribution in [-0.2, 0) is 0 Å². The number of carbonyl (C=O) groups excluding carboxylic acids is 1. The smallest absolute Gasteiger partial charge is 0.150 e. The summed E-state index contributed by atoms with van der Waals surface area (Å²) in [4.78, 5) is 10.5. The van der Waals surface area contributed by atoms with Gasteiger partial charge in [0.25, 0.3) is 0 Å². The average Bonchev–Trinajstić information content (AvgIpc) is 2.61. The predicted molar refractivity (Wildman–Crippen MR) is 51.9 cm³/mol. The van der Waals surface area contributed by atoms with Crippen molar-refractivity contribution in [1.29, 1.82) is 5.26 Å². The monoisotopic (exact) mass is 205 g/mol. The summed E-state index contributed by atoms with van der Waals surface area (Å²) < 4.78 is 14.0. The van der Waals surface area contributed by atoms with Gasteiger partial charge in [-0.05, 0) is 12.1 Å². The number of fused-ring (bicyclic) bond motifs is 1. The van der Waals surface area contributed by atoms with Gasteiger partial charge in [-0.2, -0.15) is 5.26 Å². The molecule has 68 valence electrons. The third kappa shape index (κ3) is 1.19. The van der Waals surface area contributed by atoms with E-state index in [-0.39, 0.29) is 0 Å². The van der Waals surface area contributed by atoms with Crippen LogP contribution in [0.5, 0.6) is 0 Å². The zero-order valence-electron chi connectivity index (χ0n) is 6.95. The Kier molecular flexibility index (Phi) is 2.02. The first-order chi connectivity index (χ1) is 6.76. The lowest BCUT2D eigenvalue weighted by Crippen LogP contribution is -1.84. The molecular weight excluding hydrogens is 201 g/mol. The lowest BCUT2D eigenvalue weighted by Gasteiger charge is -1.94. The number of aldehydes is 1. The number of nitriles is 1. The molecule has 1 heterocycles. The number of benzene rings is 1. The van der Waals surface area contributed by atoms with Gasteiger partial charge in [-0.1, -0.05) is 0 Å². The van der Waals surface area contributed by atoms with E-state index in [0.29, 0.717) is 27.5 Å². The fourth-order valence-electron chi connectivity index (χ4n) is 1.29. The first-order valence-corrected chi connectivity index (χ1v) is 4.70. The highest BCUT2D eigenvalue weighted by atomic mass is 32.1. The van der Waals surface area contributed by atoms with E-state index >= 15 is 0 Å². The highest BCUT2D eigenvalue weighted by Gasteiger charge is 2.10. The van der Waals surface area contributed by atoms with E-state index in [2.05, 4.69) is 0 Å². The van der Waals surface area contributed by atoms with Crippen molar-refractivity contribution < 1.29 is 9.18 Å². The van der Waals surface area contributed by atoms with Crippen molar-refractivity contribution in [3.05, 3.63) is 34.5 Å². The summed E-state index contributed by atoms with van der Waals surface area (Å²) in [5, 5.41) is 10.6. The van der Waals surface area contributed by atoms with Gasteiger partial charge in [-0.3, -0.25) is 4.79 Å². The minimum absolute atomic E-state index is 0.293. The summed E-state index contributed by atoms with van der Waals surface area (Å²) in [6.45, 7) is 0. The van der Waals surface area contributed by atoms with Crippen LogP contribution in [0.2, 0.25) is 0 Å².